The second kappa shape index (κ2) is 9.31. The molecule has 1 amide bonds. The molecule has 0 bridgehead atoms. The van der Waals surface area contributed by atoms with Crippen LogP contribution in [0.15, 0.2) is 72.9 Å². The number of rotatable bonds is 4. The topological polar surface area (TPSA) is 64.2 Å². The second-order valence-electron chi connectivity index (χ2n) is 7.11. The van der Waals surface area contributed by atoms with E-state index in [-0.39, 0.29) is 16.5 Å². The molecule has 0 unspecified atom stereocenters. The molecule has 0 atom stereocenters. The lowest BCUT2D eigenvalue weighted by Gasteiger charge is -2.20. The van der Waals surface area contributed by atoms with Crippen LogP contribution in [-0.4, -0.2) is 15.5 Å². The Kier molecular flexibility index (Phi) is 6.60. The number of hydrogen-bond donors (Lipinski definition) is 1. The van der Waals surface area contributed by atoms with Gasteiger partial charge in [-0.05, 0) is 54.6 Å². The van der Waals surface area contributed by atoms with Crippen LogP contribution in [0, 0.1) is 0 Å². The Hall–Kier alpha value is -3.04. The van der Waals surface area contributed by atoms with Crippen LogP contribution in [0.2, 0.25) is 15.1 Å². The van der Waals surface area contributed by atoms with Gasteiger partial charge in [-0.25, -0.2) is 15.8 Å². The van der Waals surface area contributed by atoms with E-state index >= 15 is 0 Å². The highest BCUT2D eigenvalue weighted by Gasteiger charge is 2.36. The molecule has 0 saturated heterocycles. The number of hydrazine groups is 1. The minimum Gasteiger partial charge on any atom is -0.299 e. The predicted octanol–water partition coefficient (Wildman–Crippen LogP) is 7.04. The third-order valence-electron chi connectivity index (χ3n) is 4.89. The monoisotopic (exact) mass is 524 g/mol. The number of amides is 1. The molecule has 5 nitrogen and oxygen atoms in total. The van der Waals surface area contributed by atoms with Gasteiger partial charge in [0, 0.05) is 27.5 Å². The number of carbonyl (C=O) groups excluding carboxylic acids is 1. The first kappa shape index (κ1) is 24.1. The number of aromatic nitrogens is 2. The standard InChI is InChI=1S/C23H14Cl3F3N4O/c24-13-5-8-15(9-6-13)32-12-19(31-21(32)16-3-1-2-4-18(16)26)22(34)33(30)20-10-7-14(25)11-17(20)23(27,28)29/h1-12H,30H2. The van der Waals surface area contributed by atoms with Crippen LogP contribution in [0.1, 0.15) is 16.1 Å². The summed E-state index contributed by atoms with van der Waals surface area (Å²) in [4.78, 5) is 17.5. The van der Waals surface area contributed by atoms with Gasteiger partial charge in [-0.15, -0.1) is 0 Å². The molecule has 1 aromatic heterocycles. The van der Waals surface area contributed by atoms with Crippen molar-refractivity contribution in [1.82, 2.24) is 9.55 Å². The Morgan fingerprint density at radius 3 is 2.24 bits per heavy atom. The van der Waals surface area contributed by atoms with Crippen molar-refractivity contribution in [3.05, 3.63) is 99.3 Å². The molecule has 0 aliphatic carbocycles. The Labute approximate surface area is 207 Å². The number of imidazole rings is 1. The lowest BCUT2D eigenvalue weighted by atomic mass is 10.1. The fourth-order valence-electron chi connectivity index (χ4n) is 3.29. The summed E-state index contributed by atoms with van der Waals surface area (Å²) in [5.74, 6) is 5.18. The van der Waals surface area contributed by atoms with Crippen molar-refractivity contribution in [3.63, 3.8) is 0 Å². The SMILES string of the molecule is NN(C(=O)c1cn(-c2ccc(Cl)cc2)c(-c2ccccc2Cl)n1)c1ccc(Cl)cc1C(F)(F)F. The molecule has 0 radical (unpaired) electrons. The molecule has 4 rings (SSSR count). The highest BCUT2D eigenvalue weighted by atomic mass is 35.5. The van der Waals surface area contributed by atoms with E-state index < -0.39 is 23.3 Å². The van der Waals surface area contributed by atoms with Gasteiger partial charge >= 0.3 is 6.18 Å². The van der Waals surface area contributed by atoms with E-state index in [1.54, 1.807) is 53.1 Å². The Morgan fingerprint density at radius 1 is 0.941 bits per heavy atom. The van der Waals surface area contributed by atoms with Gasteiger partial charge < -0.3 is 0 Å². The maximum absolute atomic E-state index is 13.5. The van der Waals surface area contributed by atoms with Crippen LogP contribution in [0.5, 0.6) is 0 Å². The van der Waals surface area contributed by atoms with E-state index in [2.05, 4.69) is 4.98 Å². The number of anilines is 1. The van der Waals surface area contributed by atoms with Crippen LogP contribution in [0.4, 0.5) is 18.9 Å². The summed E-state index contributed by atoms with van der Waals surface area (Å²) in [6.45, 7) is 0. The van der Waals surface area contributed by atoms with Crippen molar-refractivity contribution < 1.29 is 18.0 Å². The molecule has 0 saturated carbocycles. The van der Waals surface area contributed by atoms with Crippen molar-refractivity contribution >= 4 is 46.4 Å². The molecule has 2 N–H and O–H groups in total. The smallest absolute Gasteiger partial charge is 0.299 e. The maximum atomic E-state index is 13.5. The van der Waals surface area contributed by atoms with Crippen LogP contribution in [0.25, 0.3) is 17.1 Å². The first-order chi connectivity index (χ1) is 16.1. The largest absolute Gasteiger partial charge is 0.418 e. The molecule has 174 valence electrons. The first-order valence-electron chi connectivity index (χ1n) is 9.62. The van der Waals surface area contributed by atoms with Gasteiger partial charge in [-0.3, -0.25) is 9.36 Å². The van der Waals surface area contributed by atoms with Gasteiger partial charge in [0.1, 0.15) is 11.5 Å². The highest BCUT2D eigenvalue weighted by Crippen LogP contribution is 2.38. The third-order valence-corrected chi connectivity index (χ3v) is 5.70. The lowest BCUT2D eigenvalue weighted by molar-refractivity contribution is -0.137. The summed E-state index contributed by atoms with van der Waals surface area (Å²) in [5, 5.41) is 1.10. The van der Waals surface area contributed by atoms with Crippen LogP contribution in [0.3, 0.4) is 0 Å². The number of alkyl halides is 3. The fraction of sp³-hybridized carbons (Fsp3) is 0.0435. The fourth-order valence-corrected chi connectivity index (χ4v) is 3.81. The summed E-state index contributed by atoms with van der Waals surface area (Å²) in [7, 11) is 0. The van der Waals surface area contributed by atoms with Gasteiger partial charge in [0.05, 0.1) is 16.3 Å². The van der Waals surface area contributed by atoms with Crippen LogP contribution >= 0.6 is 34.8 Å². The number of hydrogen-bond acceptors (Lipinski definition) is 3. The highest BCUT2D eigenvalue weighted by molar-refractivity contribution is 6.33. The Bertz CT molecular complexity index is 1370. The molecule has 0 fully saturated rings. The molecule has 34 heavy (non-hydrogen) atoms. The van der Waals surface area contributed by atoms with E-state index in [1.807, 2.05) is 0 Å². The number of carbonyl (C=O) groups is 1. The predicted molar refractivity (Wildman–Crippen MR) is 126 cm³/mol. The summed E-state index contributed by atoms with van der Waals surface area (Å²) in [5.41, 5.74) is -0.821. The number of nitrogens with zero attached hydrogens (tertiary/aromatic N) is 3. The summed E-state index contributed by atoms with van der Waals surface area (Å²) in [6, 6.07) is 16.4. The van der Waals surface area contributed by atoms with Crippen molar-refractivity contribution in [3.8, 4) is 17.1 Å². The van der Waals surface area contributed by atoms with Gasteiger partial charge in [0.15, 0.2) is 0 Å². The minimum atomic E-state index is -4.79. The van der Waals surface area contributed by atoms with Gasteiger partial charge in [0.25, 0.3) is 5.91 Å². The molecule has 0 aliphatic rings. The molecule has 0 spiro atoms. The third kappa shape index (κ3) is 4.76. The summed E-state index contributed by atoms with van der Waals surface area (Å²) in [6.07, 6.45) is -3.42. The quantitative estimate of drug-likeness (QED) is 0.177. The van der Waals surface area contributed by atoms with E-state index in [0.717, 1.165) is 6.07 Å². The molecule has 11 heteroatoms. The van der Waals surface area contributed by atoms with Crippen molar-refractivity contribution in [2.45, 2.75) is 6.18 Å². The first-order valence-corrected chi connectivity index (χ1v) is 10.8. The van der Waals surface area contributed by atoms with Crippen LogP contribution in [-0.2, 0) is 6.18 Å². The van der Waals surface area contributed by atoms with Gasteiger partial charge in [-0.1, -0.05) is 46.9 Å². The van der Waals surface area contributed by atoms with E-state index in [9.17, 15) is 18.0 Å². The average Bonchev–Trinajstić information content (AvgIpc) is 3.23. The molecular weight excluding hydrogens is 512 g/mol. The van der Waals surface area contributed by atoms with Crippen LogP contribution < -0.4 is 10.9 Å². The summed E-state index contributed by atoms with van der Waals surface area (Å²) >= 11 is 18.1. The van der Waals surface area contributed by atoms with E-state index in [1.165, 1.54) is 12.3 Å². The average molecular weight is 526 g/mol. The normalized spacial score (nSPS) is 11.5. The number of nitrogens with two attached hydrogens (primary N) is 1. The van der Waals surface area contributed by atoms with Crippen molar-refractivity contribution in [1.29, 1.82) is 0 Å². The lowest BCUT2D eigenvalue weighted by Crippen LogP contribution is -2.39. The minimum absolute atomic E-state index is 0.148. The molecule has 4 aromatic rings. The molecule has 1 heterocycles. The van der Waals surface area contributed by atoms with E-state index in [4.69, 9.17) is 40.6 Å². The van der Waals surface area contributed by atoms with E-state index in [0.29, 0.717) is 32.4 Å². The Balaban J connectivity index is 1.83. The van der Waals surface area contributed by atoms with Crippen molar-refractivity contribution in [2.75, 3.05) is 5.01 Å². The molecule has 0 aliphatic heterocycles. The maximum Gasteiger partial charge on any atom is 0.418 e. The zero-order valence-corrected chi connectivity index (χ0v) is 19.3. The Morgan fingerprint density at radius 2 is 1.59 bits per heavy atom. The van der Waals surface area contributed by atoms with Crippen molar-refractivity contribution in [2.24, 2.45) is 5.84 Å². The zero-order valence-electron chi connectivity index (χ0n) is 17.0. The number of halogens is 6. The zero-order chi connectivity index (χ0) is 24.6. The van der Waals surface area contributed by atoms with Gasteiger partial charge in [-0.2, -0.15) is 13.2 Å². The summed E-state index contributed by atoms with van der Waals surface area (Å²) < 4.78 is 42.2. The number of benzene rings is 3. The van der Waals surface area contributed by atoms with Gasteiger partial charge in [0.2, 0.25) is 0 Å². The molecular formula is C23H14Cl3F3N4O. The molecule has 3 aromatic carbocycles. The second-order valence-corrected chi connectivity index (χ2v) is 8.39.